The van der Waals surface area contributed by atoms with Gasteiger partial charge >= 0.3 is 0 Å². The lowest BCUT2D eigenvalue weighted by Gasteiger charge is -2.10. The first kappa shape index (κ1) is 17.3. The van der Waals surface area contributed by atoms with Gasteiger partial charge in [-0.3, -0.25) is 4.79 Å². The van der Waals surface area contributed by atoms with Crippen molar-refractivity contribution in [1.82, 2.24) is 10.3 Å². The number of ether oxygens (including phenoxy) is 1. The summed E-state index contributed by atoms with van der Waals surface area (Å²) in [5.41, 5.74) is 2.17. The molecule has 5 nitrogen and oxygen atoms in total. The minimum atomic E-state index is -1.71. The number of alkyl halides is 1. The summed E-state index contributed by atoms with van der Waals surface area (Å²) in [5.74, 6) is -1.96. The number of benzene rings is 1. The predicted octanol–water partition coefficient (Wildman–Crippen LogP) is 3.03. The maximum absolute atomic E-state index is 13.7. The van der Waals surface area contributed by atoms with E-state index in [0.29, 0.717) is 5.56 Å². The number of carbonyl (C=O) groups excluding carboxylic acids is 1. The SMILES string of the molecule is Cc1ccc(C#N)cc1CNC(=O)c1cnc(OC(C)F)c(F)c1. The van der Waals surface area contributed by atoms with Crippen LogP contribution in [-0.2, 0) is 6.54 Å². The molecule has 2 aromatic rings. The van der Waals surface area contributed by atoms with E-state index < -0.39 is 24.0 Å². The van der Waals surface area contributed by atoms with E-state index in [4.69, 9.17) is 5.26 Å². The lowest BCUT2D eigenvalue weighted by atomic mass is 10.1. The molecule has 7 heteroatoms. The van der Waals surface area contributed by atoms with Crippen LogP contribution in [0.1, 0.15) is 34.0 Å². The number of amides is 1. The van der Waals surface area contributed by atoms with Gasteiger partial charge in [0.05, 0.1) is 17.2 Å². The van der Waals surface area contributed by atoms with Gasteiger partial charge in [-0.25, -0.2) is 13.8 Å². The number of nitrogens with zero attached hydrogens (tertiary/aromatic N) is 2. The largest absolute Gasteiger partial charge is 0.441 e. The van der Waals surface area contributed by atoms with Crippen molar-refractivity contribution in [2.75, 3.05) is 0 Å². The Kier molecular flexibility index (Phi) is 5.42. The smallest absolute Gasteiger partial charge is 0.253 e. The van der Waals surface area contributed by atoms with Crippen molar-refractivity contribution in [2.24, 2.45) is 0 Å². The molecule has 0 aliphatic carbocycles. The molecule has 1 N–H and O–H groups in total. The van der Waals surface area contributed by atoms with Gasteiger partial charge in [0.1, 0.15) is 0 Å². The first-order chi connectivity index (χ1) is 11.4. The normalized spacial score (nSPS) is 11.5. The number of nitriles is 1. The molecule has 1 atom stereocenters. The lowest BCUT2D eigenvalue weighted by molar-refractivity contribution is 0.0759. The van der Waals surface area contributed by atoms with Crippen molar-refractivity contribution in [2.45, 2.75) is 26.7 Å². The Morgan fingerprint density at radius 3 is 2.83 bits per heavy atom. The van der Waals surface area contributed by atoms with Crippen LogP contribution < -0.4 is 10.1 Å². The van der Waals surface area contributed by atoms with Crippen LogP contribution in [0.5, 0.6) is 5.88 Å². The molecule has 124 valence electrons. The van der Waals surface area contributed by atoms with E-state index in [0.717, 1.165) is 30.3 Å². The number of halogens is 2. The van der Waals surface area contributed by atoms with Gasteiger partial charge in [-0.2, -0.15) is 5.26 Å². The second-order valence-corrected chi connectivity index (χ2v) is 5.11. The van der Waals surface area contributed by atoms with E-state index in [1.165, 1.54) is 0 Å². The molecule has 0 aliphatic heterocycles. The molecule has 0 bridgehead atoms. The lowest BCUT2D eigenvalue weighted by Crippen LogP contribution is -2.23. The average molecular weight is 331 g/mol. The van der Waals surface area contributed by atoms with E-state index in [2.05, 4.69) is 15.0 Å². The van der Waals surface area contributed by atoms with Crippen molar-refractivity contribution in [3.63, 3.8) is 0 Å². The highest BCUT2D eigenvalue weighted by Gasteiger charge is 2.14. The molecule has 1 heterocycles. The fourth-order valence-electron chi connectivity index (χ4n) is 2.00. The Hall–Kier alpha value is -3.01. The standard InChI is InChI=1S/C17H15F2N3O2/c1-10-3-4-12(7-20)5-13(10)8-21-16(23)14-6-15(19)17(22-9-14)24-11(2)18/h3-6,9,11H,8H2,1-2H3,(H,21,23). The minimum Gasteiger partial charge on any atom is -0.441 e. The molecule has 1 aromatic heterocycles. The van der Waals surface area contributed by atoms with Gasteiger partial charge in [0.2, 0.25) is 6.36 Å². The molecule has 0 radical (unpaired) electrons. The zero-order valence-corrected chi connectivity index (χ0v) is 13.1. The topological polar surface area (TPSA) is 75.0 Å². The molecule has 1 unspecified atom stereocenters. The summed E-state index contributed by atoms with van der Waals surface area (Å²) < 4.78 is 31.0. The quantitative estimate of drug-likeness (QED) is 0.914. The molecule has 0 spiro atoms. The predicted molar refractivity (Wildman–Crippen MR) is 82.5 cm³/mol. The Bertz CT molecular complexity index is 801. The summed E-state index contributed by atoms with van der Waals surface area (Å²) in [5, 5.41) is 11.5. The number of hydrogen-bond donors (Lipinski definition) is 1. The summed E-state index contributed by atoms with van der Waals surface area (Å²) in [4.78, 5) is 15.7. The molecule has 0 saturated carbocycles. The van der Waals surface area contributed by atoms with Crippen molar-refractivity contribution >= 4 is 5.91 Å². The van der Waals surface area contributed by atoms with Crippen LogP contribution in [0, 0.1) is 24.1 Å². The van der Waals surface area contributed by atoms with Gasteiger partial charge in [0.15, 0.2) is 5.82 Å². The van der Waals surface area contributed by atoms with Crippen LogP contribution >= 0.6 is 0 Å². The zero-order chi connectivity index (χ0) is 17.7. The Morgan fingerprint density at radius 1 is 1.46 bits per heavy atom. The molecule has 1 aromatic carbocycles. The van der Waals surface area contributed by atoms with Crippen LogP contribution in [0.2, 0.25) is 0 Å². The fraction of sp³-hybridized carbons (Fsp3) is 0.235. The number of nitrogens with one attached hydrogen (secondary N) is 1. The van der Waals surface area contributed by atoms with E-state index in [1.807, 2.05) is 13.0 Å². The Balaban J connectivity index is 2.08. The third-order valence-corrected chi connectivity index (χ3v) is 3.26. The molecule has 0 saturated heterocycles. The summed E-state index contributed by atoms with van der Waals surface area (Å²) in [6, 6.07) is 8.10. The van der Waals surface area contributed by atoms with Crippen LogP contribution in [0.4, 0.5) is 8.78 Å². The number of carbonyl (C=O) groups is 1. The number of pyridine rings is 1. The van der Waals surface area contributed by atoms with Crippen molar-refractivity contribution in [3.8, 4) is 11.9 Å². The molecule has 0 fully saturated rings. The van der Waals surface area contributed by atoms with Gasteiger partial charge in [0.25, 0.3) is 11.8 Å². The summed E-state index contributed by atoms with van der Waals surface area (Å²) >= 11 is 0. The van der Waals surface area contributed by atoms with Crippen molar-refractivity contribution in [3.05, 3.63) is 58.5 Å². The van der Waals surface area contributed by atoms with Crippen LogP contribution in [0.3, 0.4) is 0 Å². The van der Waals surface area contributed by atoms with Crippen molar-refractivity contribution < 1.29 is 18.3 Å². The minimum absolute atomic E-state index is 0.0135. The van der Waals surface area contributed by atoms with Gasteiger partial charge in [-0.1, -0.05) is 6.07 Å². The highest BCUT2D eigenvalue weighted by Crippen LogP contribution is 2.17. The van der Waals surface area contributed by atoms with Gasteiger partial charge in [-0.15, -0.1) is 0 Å². The second kappa shape index (κ2) is 7.51. The zero-order valence-electron chi connectivity index (χ0n) is 13.1. The van der Waals surface area contributed by atoms with Crippen LogP contribution in [-0.4, -0.2) is 17.2 Å². The van der Waals surface area contributed by atoms with Crippen LogP contribution in [0.15, 0.2) is 30.5 Å². The van der Waals surface area contributed by atoms with Gasteiger partial charge in [0, 0.05) is 19.7 Å². The molecular weight excluding hydrogens is 316 g/mol. The maximum Gasteiger partial charge on any atom is 0.253 e. The average Bonchev–Trinajstić information content (AvgIpc) is 2.55. The van der Waals surface area contributed by atoms with E-state index in [1.54, 1.807) is 18.2 Å². The summed E-state index contributed by atoms with van der Waals surface area (Å²) in [7, 11) is 0. The van der Waals surface area contributed by atoms with E-state index in [-0.39, 0.29) is 12.1 Å². The summed E-state index contributed by atoms with van der Waals surface area (Å²) in [6.07, 6.45) is -0.601. The third kappa shape index (κ3) is 4.26. The number of aromatic nitrogens is 1. The van der Waals surface area contributed by atoms with Gasteiger partial charge in [-0.05, 0) is 36.2 Å². The van der Waals surface area contributed by atoms with Crippen LogP contribution in [0.25, 0.3) is 0 Å². The molecule has 1 amide bonds. The van der Waals surface area contributed by atoms with E-state index >= 15 is 0 Å². The van der Waals surface area contributed by atoms with Crippen molar-refractivity contribution in [1.29, 1.82) is 5.26 Å². The number of rotatable bonds is 5. The second-order valence-electron chi connectivity index (χ2n) is 5.11. The van der Waals surface area contributed by atoms with Gasteiger partial charge < -0.3 is 10.1 Å². The maximum atomic E-state index is 13.7. The fourth-order valence-corrected chi connectivity index (χ4v) is 2.00. The molecule has 0 aliphatic rings. The molecule has 2 rings (SSSR count). The molecular formula is C17H15F2N3O2. The number of aryl methyl sites for hydroxylation is 1. The first-order valence-corrected chi connectivity index (χ1v) is 7.15. The molecule has 24 heavy (non-hydrogen) atoms. The third-order valence-electron chi connectivity index (χ3n) is 3.26. The summed E-state index contributed by atoms with van der Waals surface area (Å²) in [6.45, 7) is 3.13. The van der Waals surface area contributed by atoms with E-state index in [9.17, 15) is 13.6 Å². The Morgan fingerprint density at radius 2 is 2.21 bits per heavy atom. The number of hydrogen-bond acceptors (Lipinski definition) is 4. The monoisotopic (exact) mass is 331 g/mol. The highest BCUT2D eigenvalue weighted by molar-refractivity contribution is 5.93. The highest BCUT2D eigenvalue weighted by atomic mass is 19.1. The first-order valence-electron chi connectivity index (χ1n) is 7.15. The Labute approximate surface area is 137 Å².